The third kappa shape index (κ3) is 1.38. The van der Waals surface area contributed by atoms with Crippen LogP contribution in [0.25, 0.3) is 0 Å². The summed E-state index contributed by atoms with van der Waals surface area (Å²) in [5, 5.41) is 0. The van der Waals surface area contributed by atoms with Gasteiger partial charge < -0.3 is 0 Å². The van der Waals surface area contributed by atoms with E-state index < -0.39 is 0 Å². The molecule has 3 unspecified atom stereocenters. The maximum Gasteiger partial charge on any atom is 0.261 e. The molecule has 3 nitrogen and oxygen atoms in total. The Hall–Kier alpha value is -1.90. The van der Waals surface area contributed by atoms with E-state index in [-0.39, 0.29) is 11.8 Å². The normalized spacial score (nSPS) is 31.4. The molecule has 1 aromatic rings. The van der Waals surface area contributed by atoms with Crippen molar-refractivity contribution in [3.63, 3.8) is 0 Å². The second-order valence-electron chi connectivity index (χ2n) is 5.86. The zero-order chi connectivity index (χ0) is 13.1. The van der Waals surface area contributed by atoms with Gasteiger partial charge in [0.2, 0.25) is 0 Å². The summed E-state index contributed by atoms with van der Waals surface area (Å²) in [4.78, 5) is 25.1. The molecule has 0 saturated heterocycles. The number of benzene rings is 1. The monoisotopic (exact) mass is 253 g/mol. The van der Waals surface area contributed by atoms with Crippen molar-refractivity contribution in [1.29, 1.82) is 0 Å². The molecule has 3 heteroatoms. The molecule has 0 N–H and O–H groups in total. The third-order valence-electron chi connectivity index (χ3n) is 4.82. The summed E-state index contributed by atoms with van der Waals surface area (Å²) in [5.74, 6) is 1.50. The van der Waals surface area contributed by atoms with E-state index in [1.165, 1.54) is 23.3 Å². The Labute approximate surface area is 111 Å². The SMILES string of the molecule is CN1C(=O)c2ccc(C3CC4C=CC3C4)cc2C1=O. The van der Waals surface area contributed by atoms with Gasteiger partial charge in [-0.05, 0) is 48.3 Å². The van der Waals surface area contributed by atoms with Gasteiger partial charge in [0.1, 0.15) is 0 Å². The molecule has 1 heterocycles. The van der Waals surface area contributed by atoms with Crippen molar-refractivity contribution in [2.24, 2.45) is 11.8 Å². The molecule has 1 aliphatic heterocycles. The number of carbonyl (C=O) groups excluding carboxylic acids is 2. The van der Waals surface area contributed by atoms with Gasteiger partial charge in [-0.3, -0.25) is 14.5 Å². The zero-order valence-electron chi connectivity index (χ0n) is 10.8. The highest BCUT2D eigenvalue weighted by molar-refractivity contribution is 6.21. The Morgan fingerprint density at radius 3 is 2.53 bits per heavy atom. The minimum Gasteiger partial charge on any atom is -0.277 e. The Balaban J connectivity index is 1.76. The Morgan fingerprint density at radius 2 is 1.84 bits per heavy atom. The van der Waals surface area contributed by atoms with Gasteiger partial charge in [-0.25, -0.2) is 0 Å². The van der Waals surface area contributed by atoms with Gasteiger partial charge in [0.05, 0.1) is 11.1 Å². The largest absolute Gasteiger partial charge is 0.277 e. The molecule has 3 aliphatic rings. The second kappa shape index (κ2) is 3.56. The van der Waals surface area contributed by atoms with Gasteiger partial charge in [0, 0.05) is 7.05 Å². The lowest BCUT2D eigenvalue weighted by Gasteiger charge is -2.18. The molecular weight excluding hydrogens is 238 g/mol. The maximum atomic E-state index is 12.0. The predicted molar refractivity (Wildman–Crippen MR) is 71.0 cm³/mol. The average molecular weight is 253 g/mol. The van der Waals surface area contributed by atoms with Crippen molar-refractivity contribution in [3.05, 3.63) is 47.0 Å². The minimum absolute atomic E-state index is 0.166. The van der Waals surface area contributed by atoms with Crippen LogP contribution in [0.1, 0.15) is 45.0 Å². The maximum absolute atomic E-state index is 12.0. The number of imide groups is 1. The molecule has 1 saturated carbocycles. The molecule has 0 radical (unpaired) electrons. The van der Waals surface area contributed by atoms with E-state index >= 15 is 0 Å². The predicted octanol–water partition coefficient (Wildman–Crippen LogP) is 2.59. The molecule has 3 atom stereocenters. The van der Waals surface area contributed by atoms with E-state index in [2.05, 4.69) is 12.2 Å². The van der Waals surface area contributed by atoms with Crippen molar-refractivity contribution in [2.75, 3.05) is 7.05 Å². The lowest BCUT2D eigenvalue weighted by Crippen LogP contribution is -2.24. The number of rotatable bonds is 1. The van der Waals surface area contributed by atoms with Crippen LogP contribution in [-0.2, 0) is 0 Å². The lowest BCUT2D eigenvalue weighted by molar-refractivity contribution is 0.0693. The van der Waals surface area contributed by atoms with Crippen LogP contribution in [-0.4, -0.2) is 23.8 Å². The molecule has 96 valence electrons. The van der Waals surface area contributed by atoms with E-state index in [1.807, 2.05) is 18.2 Å². The summed E-state index contributed by atoms with van der Waals surface area (Å²) in [6.45, 7) is 0. The summed E-state index contributed by atoms with van der Waals surface area (Å²) >= 11 is 0. The molecule has 0 aromatic heterocycles. The van der Waals surface area contributed by atoms with Crippen LogP contribution in [0.15, 0.2) is 30.4 Å². The molecule has 1 fully saturated rings. The van der Waals surface area contributed by atoms with Crippen molar-refractivity contribution < 1.29 is 9.59 Å². The first-order chi connectivity index (χ1) is 9.15. The Bertz CT molecular complexity index is 632. The highest BCUT2D eigenvalue weighted by Gasteiger charge is 2.38. The first-order valence-corrected chi connectivity index (χ1v) is 6.80. The first-order valence-electron chi connectivity index (χ1n) is 6.80. The molecule has 19 heavy (non-hydrogen) atoms. The average Bonchev–Trinajstić information content (AvgIpc) is 3.11. The number of amides is 2. The molecule has 0 spiro atoms. The number of hydrogen-bond acceptors (Lipinski definition) is 2. The van der Waals surface area contributed by atoms with E-state index in [1.54, 1.807) is 7.05 Å². The standard InChI is InChI=1S/C16H15NO2/c1-17-15(18)12-5-4-11(8-14(12)16(17)19)13-7-9-2-3-10(13)6-9/h2-5,8-10,13H,6-7H2,1H3. The molecule has 4 rings (SSSR count). The van der Waals surface area contributed by atoms with Gasteiger partial charge >= 0.3 is 0 Å². The van der Waals surface area contributed by atoms with Gasteiger partial charge in [0.25, 0.3) is 11.8 Å². The summed E-state index contributed by atoms with van der Waals surface area (Å²) in [7, 11) is 1.55. The Kier molecular flexibility index (Phi) is 2.06. The van der Waals surface area contributed by atoms with Crippen LogP contribution in [0.2, 0.25) is 0 Å². The number of allylic oxidation sites excluding steroid dienone is 2. The van der Waals surface area contributed by atoms with E-state index in [4.69, 9.17) is 0 Å². The molecule has 2 aliphatic carbocycles. The zero-order valence-corrected chi connectivity index (χ0v) is 10.8. The van der Waals surface area contributed by atoms with Crippen molar-refractivity contribution in [2.45, 2.75) is 18.8 Å². The highest BCUT2D eigenvalue weighted by Crippen LogP contribution is 2.49. The summed E-state index contributed by atoms with van der Waals surface area (Å²) in [6, 6.07) is 5.80. The molecular formula is C16H15NO2. The molecule has 2 amide bonds. The number of fused-ring (bicyclic) bond motifs is 3. The van der Waals surface area contributed by atoms with E-state index in [0.717, 1.165) is 0 Å². The van der Waals surface area contributed by atoms with Crippen LogP contribution in [0.3, 0.4) is 0 Å². The van der Waals surface area contributed by atoms with Crippen LogP contribution >= 0.6 is 0 Å². The van der Waals surface area contributed by atoms with Crippen molar-refractivity contribution in [1.82, 2.24) is 4.90 Å². The van der Waals surface area contributed by atoms with Crippen LogP contribution in [0, 0.1) is 11.8 Å². The first kappa shape index (κ1) is 11.0. The van der Waals surface area contributed by atoms with Gasteiger partial charge in [-0.1, -0.05) is 18.2 Å². The van der Waals surface area contributed by atoms with E-state index in [0.29, 0.717) is 28.9 Å². The second-order valence-corrected chi connectivity index (χ2v) is 5.86. The van der Waals surface area contributed by atoms with Crippen LogP contribution < -0.4 is 0 Å². The van der Waals surface area contributed by atoms with Crippen molar-refractivity contribution in [3.8, 4) is 0 Å². The van der Waals surface area contributed by atoms with Crippen LogP contribution in [0.4, 0.5) is 0 Å². The topological polar surface area (TPSA) is 37.4 Å². The minimum atomic E-state index is -0.181. The smallest absolute Gasteiger partial charge is 0.261 e. The van der Waals surface area contributed by atoms with Gasteiger partial charge in [0.15, 0.2) is 0 Å². The summed E-state index contributed by atoms with van der Waals surface area (Å²) < 4.78 is 0. The van der Waals surface area contributed by atoms with Gasteiger partial charge in [-0.2, -0.15) is 0 Å². The number of carbonyl (C=O) groups is 2. The fourth-order valence-electron chi connectivity index (χ4n) is 3.77. The highest BCUT2D eigenvalue weighted by atomic mass is 16.2. The van der Waals surface area contributed by atoms with Gasteiger partial charge in [-0.15, -0.1) is 0 Å². The lowest BCUT2D eigenvalue weighted by atomic mass is 9.85. The fourth-order valence-corrected chi connectivity index (χ4v) is 3.77. The summed E-state index contributed by atoms with van der Waals surface area (Å²) in [6.07, 6.45) is 7.05. The van der Waals surface area contributed by atoms with Crippen molar-refractivity contribution >= 4 is 11.8 Å². The number of nitrogens with zero attached hydrogens (tertiary/aromatic N) is 1. The molecule has 1 aromatic carbocycles. The van der Waals surface area contributed by atoms with Crippen LogP contribution in [0.5, 0.6) is 0 Å². The quantitative estimate of drug-likeness (QED) is 0.570. The van der Waals surface area contributed by atoms with E-state index in [9.17, 15) is 9.59 Å². The number of hydrogen-bond donors (Lipinski definition) is 0. The third-order valence-corrected chi connectivity index (χ3v) is 4.82. The Morgan fingerprint density at radius 1 is 1.05 bits per heavy atom. The fraction of sp³-hybridized carbons (Fsp3) is 0.375. The molecule has 2 bridgehead atoms. The summed E-state index contributed by atoms with van der Waals surface area (Å²) in [5.41, 5.74) is 2.35.